The van der Waals surface area contributed by atoms with Gasteiger partial charge in [0.1, 0.15) is 11.5 Å². The molecule has 8 heteroatoms. The van der Waals surface area contributed by atoms with Crippen LogP contribution in [0.2, 0.25) is 15.1 Å². The first-order valence-electron chi connectivity index (χ1n) is 6.73. The third-order valence-corrected chi connectivity index (χ3v) is 3.85. The Labute approximate surface area is 154 Å². The molecule has 1 N–H and O–H groups in total. The fraction of sp³-hybridized carbons (Fsp3) is 0.125. The standard InChI is InChI=1S/C16H13Cl3N2O3/c1-23-11-4-2-3-10(5-11)8-20-21-16(22)9-24-15-7-13(18)12(17)6-14(15)19/h2-8H,9H2,1H3,(H,21,22)/b20-8+. The topological polar surface area (TPSA) is 59.9 Å². The molecule has 0 aliphatic rings. The second kappa shape index (κ2) is 8.78. The summed E-state index contributed by atoms with van der Waals surface area (Å²) in [7, 11) is 1.57. The lowest BCUT2D eigenvalue weighted by atomic mass is 10.2. The number of nitrogens with zero attached hydrogens (tertiary/aromatic N) is 1. The third kappa shape index (κ3) is 5.30. The van der Waals surface area contributed by atoms with Crippen molar-refractivity contribution < 1.29 is 14.3 Å². The lowest BCUT2D eigenvalue weighted by molar-refractivity contribution is -0.123. The molecule has 0 saturated carbocycles. The number of rotatable bonds is 6. The van der Waals surface area contributed by atoms with Crippen LogP contribution in [0.1, 0.15) is 5.56 Å². The highest BCUT2D eigenvalue weighted by Gasteiger charge is 2.09. The summed E-state index contributed by atoms with van der Waals surface area (Å²) >= 11 is 17.6. The normalized spacial score (nSPS) is 10.7. The van der Waals surface area contributed by atoms with Crippen LogP contribution in [0.3, 0.4) is 0 Å². The number of methoxy groups -OCH3 is 1. The van der Waals surface area contributed by atoms with Gasteiger partial charge in [-0.05, 0) is 23.8 Å². The molecule has 0 bridgehead atoms. The Morgan fingerprint density at radius 1 is 1.17 bits per heavy atom. The zero-order chi connectivity index (χ0) is 17.5. The van der Waals surface area contributed by atoms with Gasteiger partial charge in [0.2, 0.25) is 0 Å². The van der Waals surface area contributed by atoms with E-state index in [1.807, 2.05) is 18.2 Å². The first-order valence-corrected chi connectivity index (χ1v) is 7.86. The van der Waals surface area contributed by atoms with E-state index in [2.05, 4.69) is 10.5 Å². The molecule has 24 heavy (non-hydrogen) atoms. The number of amides is 1. The predicted molar refractivity (Wildman–Crippen MR) is 95.7 cm³/mol. The second-order valence-electron chi connectivity index (χ2n) is 4.56. The molecular weight excluding hydrogens is 375 g/mol. The van der Waals surface area contributed by atoms with Gasteiger partial charge in [-0.1, -0.05) is 46.9 Å². The fourth-order valence-corrected chi connectivity index (χ4v) is 2.28. The molecule has 0 saturated heterocycles. The van der Waals surface area contributed by atoms with Crippen LogP contribution >= 0.6 is 34.8 Å². The molecule has 0 aliphatic carbocycles. The summed E-state index contributed by atoms with van der Waals surface area (Å²) in [5.41, 5.74) is 3.13. The van der Waals surface area contributed by atoms with Crippen molar-refractivity contribution in [3.8, 4) is 11.5 Å². The monoisotopic (exact) mass is 386 g/mol. The highest BCUT2D eigenvalue weighted by molar-refractivity contribution is 6.43. The van der Waals surface area contributed by atoms with Crippen molar-refractivity contribution in [2.45, 2.75) is 0 Å². The summed E-state index contributed by atoms with van der Waals surface area (Å²) < 4.78 is 10.4. The Hall–Kier alpha value is -1.95. The largest absolute Gasteiger partial charge is 0.497 e. The molecule has 0 aromatic heterocycles. The van der Waals surface area contributed by atoms with Crippen molar-refractivity contribution in [2.75, 3.05) is 13.7 Å². The van der Waals surface area contributed by atoms with Gasteiger partial charge in [-0.3, -0.25) is 4.79 Å². The number of hydrogen-bond donors (Lipinski definition) is 1. The van der Waals surface area contributed by atoms with E-state index in [1.165, 1.54) is 18.3 Å². The van der Waals surface area contributed by atoms with E-state index in [0.717, 1.165) is 5.56 Å². The molecule has 2 aromatic carbocycles. The molecule has 0 unspecified atom stereocenters. The van der Waals surface area contributed by atoms with Crippen molar-refractivity contribution in [1.82, 2.24) is 5.43 Å². The minimum absolute atomic E-state index is 0.261. The summed E-state index contributed by atoms with van der Waals surface area (Å²) in [6.45, 7) is -0.271. The van der Waals surface area contributed by atoms with E-state index in [1.54, 1.807) is 13.2 Å². The average Bonchev–Trinajstić information content (AvgIpc) is 2.57. The van der Waals surface area contributed by atoms with Gasteiger partial charge in [0, 0.05) is 6.07 Å². The molecule has 0 spiro atoms. The Bertz CT molecular complexity index is 766. The molecule has 5 nitrogen and oxygen atoms in total. The zero-order valence-corrected chi connectivity index (χ0v) is 14.8. The molecule has 2 aromatic rings. The quantitative estimate of drug-likeness (QED) is 0.459. The maximum absolute atomic E-state index is 11.7. The first kappa shape index (κ1) is 18.4. The zero-order valence-electron chi connectivity index (χ0n) is 12.6. The van der Waals surface area contributed by atoms with E-state index < -0.39 is 5.91 Å². The van der Waals surface area contributed by atoms with Gasteiger partial charge in [-0.15, -0.1) is 0 Å². The summed E-state index contributed by atoms with van der Waals surface area (Å²) in [4.78, 5) is 11.7. The van der Waals surface area contributed by atoms with Crippen molar-refractivity contribution in [3.05, 3.63) is 57.0 Å². The van der Waals surface area contributed by atoms with Gasteiger partial charge < -0.3 is 9.47 Å². The van der Waals surface area contributed by atoms with Crippen molar-refractivity contribution >= 4 is 46.9 Å². The Kier molecular flexibility index (Phi) is 6.73. The molecular formula is C16H13Cl3N2O3. The lowest BCUT2D eigenvalue weighted by Gasteiger charge is -2.08. The van der Waals surface area contributed by atoms with Gasteiger partial charge in [-0.2, -0.15) is 5.10 Å². The van der Waals surface area contributed by atoms with Gasteiger partial charge in [0.25, 0.3) is 5.91 Å². The second-order valence-corrected chi connectivity index (χ2v) is 5.78. The molecule has 126 valence electrons. The Morgan fingerprint density at radius 3 is 2.67 bits per heavy atom. The van der Waals surface area contributed by atoms with Gasteiger partial charge >= 0.3 is 0 Å². The lowest BCUT2D eigenvalue weighted by Crippen LogP contribution is -2.24. The number of nitrogens with one attached hydrogen (secondary N) is 1. The van der Waals surface area contributed by atoms with Crippen LogP contribution in [-0.4, -0.2) is 25.8 Å². The highest BCUT2D eigenvalue weighted by Crippen LogP contribution is 2.33. The van der Waals surface area contributed by atoms with Crippen LogP contribution in [0.15, 0.2) is 41.5 Å². The maximum Gasteiger partial charge on any atom is 0.277 e. The fourth-order valence-electron chi connectivity index (χ4n) is 1.69. The molecule has 0 atom stereocenters. The van der Waals surface area contributed by atoms with E-state index in [4.69, 9.17) is 44.3 Å². The molecule has 0 heterocycles. The minimum atomic E-state index is -0.448. The highest BCUT2D eigenvalue weighted by atomic mass is 35.5. The third-order valence-electron chi connectivity index (χ3n) is 2.83. The van der Waals surface area contributed by atoms with E-state index in [0.29, 0.717) is 10.8 Å². The SMILES string of the molecule is COc1cccc(/C=N/NC(=O)COc2cc(Cl)c(Cl)cc2Cl)c1. The van der Waals surface area contributed by atoms with Gasteiger partial charge in [-0.25, -0.2) is 5.43 Å². The summed E-state index contributed by atoms with van der Waals surface area (Å²) in [5.74, 6) is 0.511. The van der Waals surface area contributed by atoms with Gasteiger partial charge in [0.15, 0.2) is 6.61 Å². The minimum Gasteiger partial charge on any atom is -0.497 e. The average molecular weight is 388 g/mol. The van der Waals surface area contributed by atoms with Crippen LogP contribution in [-0.2, 0) is 4.79 Å². The number of hydrogen-bond acceptors (Lipinski definition) is 4. The number of carbonyl (C=O) groups excluding carboxylic acids is 1. The van der Waals surface area contributed by atoms with Crippen LogP contribution in [0.4, 0.5) is 0 Å². The molecule has 0 fully saturated rings. The van der Waals surface area contributed by atoms with Crippen LogP contribution in [0.25, 0.3) is 0 Å². The van der Waals surface area contributed by atoms with E-state index in [9.17, 15) is 4.79 Å². The smallest absolute Gasteiger partial charge is 0.277 e. The van der Waals surface area contributed by atoms with E-state index >= 15 is 0 Å². The van der Waals surface area contributed by atoms with Gasteiger partial charge in [0.05, 0.1) is 28.4 Å². The summed E-state index contributed by atoms with van der Waals surface area (Å²) in [6, 6.07) is 10.1. The van der Waals surface area contributed by atoms with Crippen LogP contribution in [0.5, 0.6) is 11.5 Å². The number of carbonyl (C=O) groups is 1. The molecule has 0 radical (unpaired) electrons. The summed E-state index contributed by atoms with van der Waals surface area (Å²) in [5, 5.41) is 4.70. The van der Waals surface area contributed by atoms with Crippen molar-refractivity contribution in [2.24, 2.45) is 5.10 Å². The van der Waals surface area contributed by atoms with Crippen molar-refractivity contribution in [3.63, 3.8) is 0 Å². The van der Waals surface area contributed by atoms with Crippen LogP contribution in [0, 0.1) is 0 Å². The molecule has 1 amide bonds. The molecule has 2 rings (SSSR count). The Balaban J connectivity index is 1.87. The van der Waals surface area contributed by atoms with Crippen LogP contribution < -0.4 is 14.9 Å². The predicted octanol–water partition coefficient (Wildman–Crippen LogP) is 4.18. The number of hydrazone groups is 1. The number of benzene rings is 2. The number of halogens is 3. The van der Waals surface area contributed by atoms with Crippen molar-refractivity contribution in [1.29, 1.82) is 0 Å². The maximum atomic E-state index is 11.7. The Morgan fingerprint density at radius 2 is 1.92 bits per heavy atom. The first-order chi connectivity index (χ1) is 11.5. The molecule has 0 aliphatic heterocycles. The summed E-state index contributed by atoms with van der Waals surface area (Å²) in [6.07, 6.45) is 1.49. The van der Waals surface area contributed by atoms with E-state index in [-0.39, 0.29) is 22.4 Å². The number of ether oxygens (including phenoxy) is 2.